The zero-order chi connectivity index (χ0) is 14.7. The lowest BCUT2D eigenvalue weighted by molar-refractivity contribution is -0.384. The molecule has 0 saturated heterocycles. The molecule has 0 radical (unpaired) electrons. The molecule has 0 aliphatic heterocycles. The van der Waals surface area contributed by atoms with Crippen LogP contribution in [-0.2, 0) is 0 Å². The van der Waals surface area contributed by atoms with Gasteiger partial charge in [0.05, 0.1) is 4.92 Å². The number of anilines is 3. The number of aromatic nitrogens is 1. The predicted molar refractivity (Wildman–Crippen MR) is 80.0 cm³/mol. The van der Waals surface area contributed by atoms with Gasteiger partial charge >= 0.3 is 5.69 Å². The molecule has 0 bridgehead atoms. The molecule has 0 aliphatic carbocycles. The topological polar surface area (TPSA) is 71.3 Å². The van der Waals surface area contributed by atoms with Crippen molar-refractivity contribution in [3.63, 3.8) is 0 Å². The largest absolute Gasteiger partial charge is 0.378 e. The molecule has 0 aliphatic rings. The van der Waals surface area contributed by atoms with E-state index in [0.29, 0.717) is 5.69 Å². The molecular formula is C13H13ClN4O2. The number of benzene rings is 1. The van der Waals surface area contributed by atoms with Gasteiger partial charge in [-0.15, -0.1) is 0 Å². The Bertz CT molecular complexity index is 629. The molecule has 0 unspecified atom stereocenters. The lowest BCUT2D eigenvalue weighted by Crippen LogP contribution is -2.08. The van der Waals surface area contributed by atoms with Gasteiger partial charge in [-0.2, -0.15) is 0 Å². The fourth-order valence-corrected chi connectivity index (χ4v) is 1.79. The van der Waals surface area contributed by atoms with Crippen molar-refractivity contribution in [2.24, 2.45) is 0 Å². The standard InChI is InChI=1S/C13H13ClN4O2/c1-17(2)10-5-3-9(4-6-10)15-13-11(18(19)20)7-8-12(14)16-13/h3-8H,1-2H3,(H,15,16). The van der Waals surface area contributed by atoms with E-state index in [1.807, 2.05) is 43.3 Å². The first-order valence-corrected chi connectivity index (χ1v) is 6.20. The van der Waals surface area contributed by atoms with E-state index in [1.54, 1.807) is 0 Å². The van der Waals surface area contributed by atoms with Crippen LogP contribution in [-0.4, -0.2) is 24.0 Å². The summed E-state index contributed by atoms with van der Waals surface area (Å²) in [5.41, 5.74) is 1.61. The van der Waals surface area contributed by atoms with Crippen molar-refractivity contribution < 1.29 is 4.92 Å². The number of hydrogen-bond donors (Lipinski definition) is 1. The third-order valence-electron chi connectivity index (χ3n) is 2.68. The van der Waals surface area contributed by atoms with E-state index >= 15 is 0 Å². The number of halogens is 1. The number of nitrogens with zero attached hydrogens (tertiary/aromatic N) is 3. The highest BCUT2D eigenvalue weighted by atomic mass is 35.5. The normalized spacial score (nSPS) is 10.2. The summed E-state index contributed by atoms with van der Waals surface area (Å²) in [6.45, 7) is 0. The summed E-state index contributed by atoms with van der Waals surface area (Å²) in [7, 11) is 3.87. The fourth-order valence-electron chi connectivity index (χ4n) is 1.65. The van der Waals surface area contributed by atoms with E-state index in [-0.39, 0.29) is 16.7 Å². The molecule has 2 rings (SSSR count). The zero-order valence-corrected chi connectivity index (χ0v) is 11.8. The van der Waals surface area contributed by atoms with E-state index in [9.17, 15) is 10.1 Å². The second-order valence-corrected chi connectivity index (χ2v) is 4.71. The molecule has 0 saturated carbocycles. The minimum atomic E-state index is -0.500. The third kappa shape index (κ3) is 3.16. The van der Waals surface area contributed by atoms with Crippen LogP contribution in [0.3, 0.4) is 0 Å². The summed E-state index contributed by atoms with van der Waals surface area (Å²) in [5, 5.41) is 14.0. The molecule has 0 fully saturated rings. The lowest BCUT2D eigenvalue weighted by Gasteiger charge is -2.13. The molecule has 0 atom stereocenters. The quantitative estimate of drug-likeness (QED) is 0.531. The van der Waals surface area contributed by atoms with Crippen LogP contribution in [0.2, 0.25) is 5.15 Å². The number of rotatable bonds is 4. The molecule has 0 spiro atoms. The number of pyridine rings is 1. The van der Waals surface area contributed by atoms with Gasteiger partial charge in [-0.25, -0.2) is 4.98 Å². The van der Waals surface area contributed by atoms with Crippen molar-refractivity contribution >= 4 is 34.5 Å². The van der Waals surface area contributed by atoms with Crippen molar-refractivity contribution in [3.8, 4) is 0 Å². The fraction of sp³-hybridized carbons (Fsp3) is 0.154. The molecule has 2 aromatic rings. The van der Waals surface area contributed by atoms with Gasteiger partial charge in [0.15, 0.2) is 0 Å². The Hall–Kier alpha value is -2.34. The average Bonchev–Trinajstić information content (AvgIpc) is 2.39. The number of nitro groups is 1. The van der Waals surface area contributed by atoms with Crippen LogP contribution in [0.1, 0.15) is 0 Å². The van der Waals surface area contributed by atoms with Crippen LogP contribution < -0.4 is 10.2 Å². The van der Waals surface area contributed by atoms with E-state index < -0.39 is 4.92 Å². The highest BCUT2D eigenvalue weighted by Gasteiger charge is 2.15. The highest BCUT2D eigenvalue weighted by Crippen LogP contribution is 2.27. The Labute approximate surface area is 121 Å². The molecular weight excluding hydrogens is 280 g/mol. The van der Waals surface area contributed by atoms with E-state index in [1.165, 1.54) is 12.1 Å². The van der Waals surface area contributed by atoms with Crippen molar-refractivity contribution in [3.05, 3.63) is 51.7 Å². The van der Waals surface area contributed by atoms with E-state index in [2.05, 4.69) is 10.3 Å². The first-order valence-electron chi connectivity index (χ1n) is 5.83. The van der Waals surface area contributed by atoms with Gasteiger partial charge in [0.1, 0.15) is 5.15 Å². The lowest BCUT2D eigenvalue weighted by atomic mass is 10.2. The van der Waals surface area contributed by atoms with Gasteiger partial charge in [-0.05, 0) is 30.3 Å². The molecule has 6 nitrogen and oxygen atoms in total. The third-order valence-corrected chi connectivity index (χ3v) is 2.89. The summed E-state index contributed by atoms with van der Waals surface area (Å²) >= 11 is 5.77. The van der Waals surface area contributed by atoms with Crippen molar-refractivity contribution in [1.29, 1.82) is 0 Å². The predicted octanol–water partition coefficient (Wildman–Crippen LogP) is 3.45. The molecule has 20 heavy (non-hydrogen) atoms. The first-order chi connectivity index (χ1) is 9.47. The Morgan fingerprint density at radius 1 is 1.20 bits per heavy atom. The first kappa shape index (κ1) is 14.1. The summed E-state index contributed by atoms with van der Waals surface area (Å²) < 4.78 is 0. The SMILES string of the molecule is CN(C)c1ccc(Nc2nc(Cl)ccc2[N+](=O)[O-])cc1. The molecule has 1 heterocycles. The summed E-state index contributed by atoms with van der Waals surface area (Å²) in [4.78, 5) is 16.4. The van der Waals surface area contributed by atoms with Crippen LogP contribution in [0.15, 0.2) is 36.4 Å². The Morgan fingerprint density at radius 2 is 1.85 bits per heavy atom. The zero-order valence-electron chi connectivity index (χ0n) is 11.0. The number of hydrogen-bond acceptors (Lipinski definition) is 5. The molecule has 1 aromatic carbocycles. The Balaban J connectivity index is 2.29. The van der Waals surface area contributed by atoms with Crippen LogP contribution in [0, 0.1) is 10.1 Å². The second-order valence-electron chi connectivity index (χ2n) is 4.33. The maximum atomic E-state index is 10.9. The minimum absolute atomic E-state index is 0.119. The molecule has 0 amide bonds. The van der Waals surface area contributed by atoms with Crippen molar-refractivity contribution in [2.75, 3.05) is 24.3 Å². The van der Waals surface area contributed by atoms with Crippen molar-refractivity contribution in [2.45, 2.75) is 0 Å². The number of nitrogens with one attached hydrogen (secondary N) is 1. The van der Waals surface area contributed by atoms with E-state index in [4.69, 9.17) is 11.6 Å². The maximum Gasteiger partial charge on any atom is 0.311 e. The summed E-state index contributed by atoms with van der Waals surface area (Å²) in [5.74, 6) is 0.125. The molecule has 1 N–H and O–H groups in total. The van der Waals surface area contributed by atoms with E-state index in [0.717, 1.165) is 5.69 Å². The second kappa shape index (κ2) is 5.75. The van der Waals surface area contributed by atoms with Gasteiger partial charge in [-0.1, -0.05) is 11.6 Å². The average molecular weight is 293 g/mol. The van der Waals surface area contributed by atoms with Crippen molar-refractivity contribution in [1.82, 2.24) is 4.98 Å². The Kier molecular flexibility index (Phi) is 4.05. The van der Waals surface area contributed by atoms with Gasteiger partial charge < -0.3 is 10.2 Å². The monoisotopic (exact) mass is 292 g/mol. The molecule has 104 valence electrons. The van der Waals surface area contributed by atoms with Gasteiger partial charge in [0.25, 0.3) is 0 Å². The van der Waals surface area contributed by atoms with Crippen LogP contribution in [0.25, 0.3) is 0 Å². The summed E-state index contributed by atoms with van der Waals surface area (Å²) in [6.07, 6.45) is 0. The van der Waals surface area contributed by atoms with Gasteiger partial charge in [0, 0.05) is 31.5 Å². The maximum absolute atomic E-state index is 10.9. The van der Waals surface area contributed by atoms with Crippen LogP contribution >= 0.6 is 11.6 Å². The molecule has 1 aromatic heterocycles. The van der Waals surface area contributed by atoms with Crippen LogP contribution in [0.5, 0.6) is 0 Å². The highest BCUT2D eigenvalue weighted by molar-refractivity contribution is 6.29. The van der Waals surface area contributed by atoms with Gasteiger partial charge in [0.2, 0.25) is 5.82 Å². The Morgan fingerprint density at radius 3 is 2.40 bits per heavy atom. The van der Waals surface area contributed by atoms with Crippen LogP contribution in [0.4, 0.5) is 22.9 Å². The smallest absolute Gasteiger partial charge is 0.311 e. The molecule has 7 heteroatoms. The minimum Gasteiger partial charge on any atom is -0.378 e. The van der Waals surface area contributed by atoms with Gasteiger partial charge in [-0.3, -0.25) is 10.1 Å². The summed E-state index contributed by atoms with van der Waals surface area (Å²) in [6, 6.07) is 10.2.